The Morgan fingerprint density at radius 3 is 2.65 bits per heavy atom. The fourth-order valence-electron chi connectivity index (χ4n) is 1.76. The number of hydrogen-bond donors (Lipinski definition) is 1. The van der Waals surface area contributed by atoms with Crippen molar-refractivity contribution in [1.29, 1.82) is 0 Å². The molecule has 0 aliphatic rings. The van der Waals surface area contributed by atoms with Crippen molar-refractivity contribution in [3.8, 4) is 5.75 Å². The van der Waals surface area contributed by atoms with Crippen molar-refractivity contribution < 1.29 is 13.9 Å². The summed E-state index contributed by atoms with van der Waals surface area (Å²) in [5.74, 6) is -0.467. The number of nitrogens with one attached hydrogen (secondary N) is 1. The maximum Gasteiger partial charge on any atom is 0.258 e. The van der Waals surface area contributed by atoms with Gasteiger partial charge in [-0.2, -0.15) is 0 Å². The monoisotopic (exact) mass is 293 g/mol. The van der Waals surface area contributed by atoms with Crippen LogP contribution in [0.2, 0.25) is 5.02 Å². The topological polar surface area (TPSA) is 38.3 Å². The van der Waals surface area contributed by atoms with Crippen molar-refractivity contribution in [2.75, 3.05) is 12.4 Å². The second-order valence-electron chi connectivity index (χ2n) is 4.26. The first-order valence-electron chi connectivity index (χ1n) is 5.92. The van der Waals surface area contributed by atoms with E-state index >= 15 is 0 Å². The van der Waals surface area contributed by atoms with Gasteiger partial charge in [0.15, 0.2) is 0 Å². The van der Waals surface area contributed by atoms with Gasteiger partial charge >= 0.3 is 0 Å². The van der Waals surface area contributed by atoms with E-state index in [1.807, 2.05) is 6.92 Å². The Kier molecular flexibility index (Phi) is 4.25. The SMILES string of the molecule is COc1ccc(NC(=O)c2cc(Cl)ccc2F)c(C)c1. The first-order chi connectivity index (χ1) is 9.51. The van der Waals surface area contributed by atoms with Crippen LogP contribution in [-0.4, -0.2) is 13.0 Å². The van der Waals surface area contributed by atoms with Gasteiger partial charge in [0.05, 0.1) is 12.7 Å². The van der Waals surface area contributed by atoms with Crippen molar-refractivity contribution in [3.63, 3.8) is 0 Å². The highest BCUT2D eigenvalue weighted by atomic mass is 35.5. The van der Waals surface area contributed by atoms with Crippen LogP contribution in [0.3, 0.4) is 0 Å². The van der Waals surface area contributed by atoms with Crippen LogP contribution < -0.4 is 10.1 Å². The molecule has 0 saturated carbocycles. The van der Waals surface area contributed by atoms with Crippen LogP contribution >= 0.6 is 11.6 Å². The first kappa shape index (κ1) is 14.3. The molecule has 0 unspecified atom stereocenters. The zero-order chi connectivity index (χ0) is 14.7. The third-order valence-electron chi connectivity index (χ3n) is 2.85. The zero-order valence-corrected chi connectivity index (χ0v) is 11.8. The first-order valence-corrected chi connectivity index (χ1v) is 6.30. The average molecular weight is 294 g/mol. The molecule has 1 N–H and O–H groups in total. The molecule has 0 aliphatic heterocycles. The molecule has 104 valence electrons. The molecule has 0 bridgehead atoms. The van der Waals surface area contributed by atoms with Crippen LogP contribution in [0, 0.1) is 12.7 Å². The molecule has 2 aromatic rings. The zero-order valence-electron chi connectivity index (χ0n) is 11.0. The standard InChI is InChI=1S/C15H13ClFNO2/c1-9-7-11(20-2)4-6-14(9)18-15(19)12-8-10(16)3-5-13(12)17/h3-8H,1-2H3,(H,18,19). The molecule has 5 heteroatoms. The molecule has 2 rings (SSSR count). The van der Waals surface area contributed by atoms with Gasteiger partial charge in [0.25, 0.3) is 5.91 Å². The number of hydrogen-bond acceptors (Lipinski definition) is 2. The number of halogens is 2. The summed E-state index contributed by atoms with van der Waals surface area (Å²) in [5, 5.41) is 2.96. The van der Waals surface area contributed by atoms with Crippen LogP contribution in [0.5, 0.6) is 5.75 Å². The van der Waals surface area contributed by atoms with Crippen LogP contribution in [0.1, 0.15) is 15.9 Å². The van der Waals surface area contributed by atoms with E-state index in [1.54, 1.807) is 25.3 Å². The van der Waals surface area contributed by atoms with Crippen molar-refractivity contribution in [3.05, 3.63) is 58.4 Å². The summed E-state index contributed by atoms with van der Waals surface area (Å²) in [5.41, 5.74) is 1.32. The van der Waals surface area contributed by atoms with Crippen LogP contribution in [0.25, 0.3) is 0 Å². The Hall–Kier alpha value is -2.07. The minimum atomic E-state index is -0.613. The molecule has 0 saturated heterocycles. The number of ether oxygens (including phenoxy) is 1. The summed E-state index contributed by atoms with van der Waals surface area (Å²) in [6.45, 7) is 1.83. The molecule has 0 radical (unpaired) electrons. The normalized spacial score (nSPS) is 10.2. The van der Waals surface area contributed by atoms with E-state index < -0.39 is 11.7 Å². The minimum absolute atomic E-state index is 0.0901. The minimum Gasteiger partial charge on any atom is -0.497 e. The summed E-state index contributed by atoms with van der Waals surface area (Å²) in [4.78, 5) is 12.1. The maximum absolute atomic E-state index is 13.6. The molecular weight excluding hydrogens is 281 g/mol. The van der Waals surface area contributed by atoms with Gasteiger partial charge in [-0.15, -0.1) is 0 Å². The Labute approximate surface area is 121 Å². The molecule has 0 heterocycles. The van der Waals surface area contributed by atoms with Gasteiger partial charge in [-0.25, -0.2) is 4.39 Å². The summed E-state index contributed by atoms with van der Waals surface area (Å²) in [6, 6.07) is 9.06. The molecule has 0 aliphatic carbocycles. The van der Waals surface area contributed by atoms with E-state index in [4.69, 9.17) is 16.3 Å². The van der Waals surface area contributed by atoms with Gasteiger partial charge < -0.3 is 10.1 Å². The van der Waals surface area contributed by atoms with E-state index in [0.29, 0.717) is 16.5 Å². The predicted octanol–water partition coefficient (Wildman–Crippen LogP) is 4.05. The number of carbonyl (C=O) groups excluding carboxylic acids is 1. The van der Waals surface area contributed by atoms with Gasteiger partial charge in [-0.1, -0.05) is 11.6 Å². The van der Waals surface area contributed by atoms with Gasteiger partial charge in [-0.05, 0) is 48.9 Å². The number of anilines is 1. The molecular formula is C15H13ClFNO2. The lowest BCUT2D eigenvalue weighted by Crippen LogP contribution is -2.14. The Morgan fingerprint density at radius 1 is 1.25 bits per heavy atom. The highest BCUT2D eigenvalue weighted by molar-refractivity contribution is 6.31. The van der Waals surface area contributed by atoms with Crippen LogP contribution in [0.4, 0.5) is 10.1 Å². The van der Waals surface area contributed by atoms with E-state index in [9.17, 15) is 9.18 Å². The van der Waals surface area contributed by atoms with Crippen LogP contribution in [-0.2, 0) is 0 Å². The second kappa shape index (κ2) is 5.92. The van der Waals surface area contributed by atoms with E-state index in [0.717, 1.165) is 11.6 Å². The highest BCUT2D eigenvalue weighted by Gasteiger charge is 2.13. The third kappa shape index (κ3) is 3.08. The Morgan fingerprint density at radius 2 is 2.00 bits per heavy atom. The summed E-state index contributed by atoms with van der Waals surface area (Å²) < 4.78 is 18.7. The largest absolute Gasteiger partial charge is 0.497 e. The molecule has 0 fully saturated rings. The van der Waals surface area contributed by atoms with E-state index in [2.05, 4.69) is 5.32 Å². The lowest BCUT2D eigenvalue weighted by molar-refractivity contribution is 0.102. The lowest BCUT2D eigenvalue weighted by atomic mass is 10.1. The fraction of sp³-hybridized carbons (Fsp3) is 0.133. The van der Waals surface area contributed by atoms with Crippen molar-refractivity contribution in [2.24, 2.45) is 0 Å². The van der Waals surface area contributed by atoms with Crippen molar-refractivity contribution >= 4 is 23.2 Å². The smallest absolute Gasteiger partial charge is 0.258 e. The number of amides is 1. The number of benzene rings is 2. The number of aryl methyl sites for hydroxylation is 1. The molecule has 1 amide bonds. The molecule has 20 heavy (non-hydrogen) atoms. The van der Waals surface area contributed by atoms with Crippen molar-refractivity contribution in [2.45, 2.75) is 6.92 Å². The van der Waals surface area contributed by atoms with Gasteiger partial charge in [0.1, 0.15) is 11.6 Å². The predicted molar refractivity (Wildman–Crippen MR) is 77.1 cm³/mol. The number of methoxy groups -OCH3 is 1. The highest BCUT2D eigenvalue weighted by Crippen LogP contribution is 2.22. The fourth-order valence-corrected chi connectivity index (χ4v) is 1.94. The van der Waals surface area contributed by atoms with Gasteiger partial charge in [0, 0.05) is 10.7 Å². The van der Waals surface area contributed by atoms with E-state index in [1.165, 1.54) is 12.1 Å². The molecule has 0 aromatic heterocycles. The Bertz CT molecular complexity index is 658. The average Bonchev–Trinajstić information content (AvgIpc) is 2.43. The summed E-state index contributed by atoms with van der Waals surface area (Å²) in [7, 11) is 1.56. The third-order valence-corrected chi connectivity index (χ3v) is 3.09. The van der Waals surface area contributed by atoms with Crippen LogP contribution in [0.15, 0.2) is 36.4 Å². The van der Waals surface area contributed by atoms with E-state index in [-0.39, 0.29) is 5.56 Å². The lowest BCUT2D eigenvalue weighted by Gasteiger charge is -2.10. The molecule has 0 atom stereocenters. The number of rotatable bonds is 3. The summed E-state index contributed by atoms with van der Waals surface area (Å²) >= 11 is 5.77. The molecule has 0 spiro atoms. The Balaban J connectivity index is 2.25. The molecule has 3 nitrogen and oxygen atoms in total. The number of carbonyl (C=O) groups is 1. The maximum atomic E-state index is 13.6. The summed E-state index contributed by atoms with van der Waals surface area (Å²) in [6.07, 6.45) is 0. The van der Waals surface area contributed by atoms with Crippen molar-refractivity contribution in [1.82, 2.24) is 0 Å². The quantitative estimate of drug-likeness (QED) is 0.927. The molecule has 2 aromatic carbocycles. The van der Waals surface area contributed by atoms with Gasteiger partial charge in [-0.3, -0.25) is 4.79 Å². The second-order valence-corrected chi connectivity index (χ2v) is 4.70. The van der Waals surface area contributed by atoms with Gasteiger partial charge in [0.2, 0.25) is 0 Å².